The van der Waals surface area contributed by atoms with Crippen molar-refractivity contribution in [2.45, 2.75) is 39.0 Å². The van der Waals surface area contributed by atoms with Gasteiger partial charge in [0.15, 0.2) is 5.78 Å². The van der Waals surface area contributed by atoms with E-state index in [9.17, 15) is 19.7 Å². The first kappa shape index (κ1) is 20.3. The molecular weight excluding hydrogens is 404 g/mol. The maximum absolute atomic E-state index is 13.3. The lowest BCUT2D eigenvalue weighted by Gasteiger charge is -2.43. The second-order valence-electron chi connectivity index (χ2n) is 8.59. The van der Waals surface area contributed by atoms with Crippen molar-refractivity contribution in [1.29, 1.82) is 0 Å². The number of nitrogens with zero attached hydrogens (tertiary/aromatic N) is 2. The Balaban J connectivity index is 1.90. The molecule has 0 fully saturated rings. The van der Waals surface area contributed by atoms with Crippen molar-refractivity contribution >= 4 is 34.7 Å². The number of hydrogen-bond acceptors (Lipinski definition) is 4. The number of benzene rings is 2. The highest BCUT2D eigenvalue weighted by Crippen LogP contribution is 2.49. The average Bonchev–Trinajstić information content (AvgIpc) is 2.67. The van der Waals surface area contributed by atoms with Crippen molar-refractivity contribution in [3.05, 3.63) is 80.5 Å². The van der Waals surface area contributed by atoms with Crippen LogP contribution in [0.15, 0.2) is 59.8 Å². The van der Waals surface area contributed by atoms with Gasteiger partial charge in [-0.25, -0.2) is 0 Å². The zero-order valence-corrected chi connectivity index (χ0v) is 17.5. The first-order chi connectivity index (χ1) is 14.2. The standard InChI is InChI=1S/C23H21ClN2O4/c1-23(2)12-19-22(20(27)13-23)16(14-6-4-3-5-7-14)11-21(28)25(19)18-9-8-15(26(29)30)10-17(18)24/h3-10,16H,11-13H2,1-2H3. The highest BCUT2D eigenvalue weighted by molar-refractivity contribution is 6.34. The van der Waals surface area contributed by atoms with Crippen molar-refractivity contribution in [2.75, 3.05) is 4.90 Å². The van der Waals surface area contributed by atoms with E-state index in [4.69, 9.17) is 11.6 Å². The lowest BCUT2D eigenvalue weighted by molar-refractivity contribution is -0.384. The molecule has 0 saturated heterocycles. The topological polar surface area (TPSA) is 80.5 Å². The molecule has 30 heavy (non-hydrogen) atoms. The molecule has 1 unspecified atom stereocenters. The SMILES string of the molecule is CC1(C)CC(=O)C2=C(C1)N(c1ccc([N+](=O)[O-])cc1Cl)C(=O)CC2c1ccccc1. The molecule has 154 valence electrons. The third-order valence-electron chi connectivity index (χ3n) is 5.73. The largest absolute Gasteiger partial charge is 0.294 e. The van der Waals surface area contributed by atoms with Crippen molar-refractivity contribution < 1.29 is 14.5 Å². The number of nitro benzene ring substituents is 1. The quantitative estimate of drug-likeness (QED) is 0.487. The van der Waals surface area contributed by atoms with Gasteiger partial charge < -0.3 is 0 Å². The van der Waals surface area contributed by atoms with Crippen molar-refractivity contribution in [2.24, 2.45) is 5.41 Å². The van der Waals surface area contributed by atoms with Crippen LogP contribution in [0, 0.1) is 15.5 Å². The van der Waals surface area contributed by atoms with Gasteiger partial charge >= 0.3 is 0 Å². The van der Waals surface area contributed by atoms with Gasteiger partial charge in [-0.2, -0.15) is 0 Å². The molecule has 1 atom stereocenters. The Hall–Kier alpha value is -2.99. The third kappa shape index (κ3) is 3.52. The zero-order valence-electron chi connectivity index (χ0n) is 16.7. The number of carbonyl (C=O) groups excluding carboxylic acids is 2. The van der Waals surface area contributed by atoms with Crippen LogP contribution >= 0.6 is 11.6 Å². The van der Waals surface area contributed by atoms with Crippen LogP contribution in [-0.4, -0.2) is 16.6 Å². The number of anilines is 1. The third-order valence-corrected chi connectivity index (χ3v) is 6.03. The Morgan fingerprint density at radius 1 is 1.10 bits per heavy atom. The van der Waals surface area contributed by atoms with E-state index in [1.165, 1.54) is 23.1 Å². The van der Waals surface area contributed by atoms with Gasteiger partial charge in [0.05, 0.1) is 15.6 Å². The smallest absolute Gasteiger partial charge is 0.271 e. The molecule has 2 aromatic rings. The van der Waals surface area contributed by atoms with Crippen LogP contribution in [-0.2, 0) is 9.59 Å². The minimum Gasteiger partial charge on any atom is -0.294 e. The summed E-state index contributed by atoms with van der Waals surface area (Å²) in [6.07, 6.45) is 1.09. The fourth-order valence-corrected chi connectivity index (χ4v) is 4.71. The second-order valence-corrected chi connectivity index (χ2v) is 9.00. The Bertz CT molecular complexity index is 1090. The van der Waals surface area contributed by atoms with E-state index < -0.39 is 4.92 Å². The van der Waals surface area contributed by atoms with E-state index in [0.29, 0.717) is 29.8 Å². The summed E-state index contributed by atoms with van der Waals surface area (Å²) in [7, 11) is 0. The molecule has 0 bridgehead atoms. The fourth-order valence-electron chi connectivity index (χ4n) is 4.46. The maximum Gasteiger partial charge on any atom is 0.271 e. The highest BCUT2D eigenvalue weighted by atomic mass is 35.5. The molecule has 1 aliphatic carbocycles. The van der Waals surface area contributed by atoms with Gasteiger partial charge in [0.25, 0.3) is 5.69 Å². The lowest BCUT2D eigenvalue weighted by Crippen LogP contribution is -2.43. The number of non-ortho nitro benzene ring substituents is 1. The molecule has 2 aromatic carbocycles. The number of hydrogen-bond donors (Lipinski definition) is 0. The Morgan fingerprint density at radius 3 is 2.43 bits per heavy atom. The van der Waals surface area contributed by atoms with Crippen LogP contribution in [0.1, 0.15) is 44.6 Å². The van der Waals surface area contributed by atoms with E-state index in [2.05, 4.69) is 0 Å². The number of amides is 1. The summed E-state index contributed by atoms with van der Waals surface area (Å²) in [5.41, 5.74) is 2.15. The molecule has 1 heterocycles. The molecule has 7 heteroatoms. The number of nitro groups is 1. The molecule has 0 radical (unpaired) electrons. The van der Waals surface area contributed by atoms with E-state index in [1.807, 2.05) is 44.2 Å². The molecule has 1 amide bonds. The summed E-state index contributed by atoms with van der Waals surface area (Å²) >= 11 is 6.36. The highest BCUT2D eigenvalue weighted by Gasteiger charge is 2.44. The molecule has 0 saturated carbocycles. The molecule has 4 rings (SSSR count). The van der Waals surface area contributed by atoms with E-state index in [0.717, 1.165) is 5.56 Å². The molecule has 6 nitrogen and oxygen atoms in total. The molecule has 0 N–H and O–H groups in total. The minimum absolute atomic E-state index is 0.0330. The van der Waals surface area contributed by atoms with E-state index in [1.54, 1.807) is 0 Å². The Morgan fingerprint density at radius 2 is 1.80 bits per heavy atom. The van der Waals surface area contributed by atoms with Gasteiger partial charge in [-0.3, -0.25) is 24.6 Å². The molecular formula is C23H21ClN2O4. The molecule has 2 aliphatic rings. The van der Waals surface area contributed by atoms with E-state index in [-0.39, 0.29) is 40.2 Å². The summed E-state index contributed by atoms with van der Waals surface area (Å²) in [6, 6.07) is 13.6. The van der Waals surface area contributed by atoms with Crippen LogP contribution in [0.3, 0.4) is 0 Å². The molecule has 1 aliphatic heterocycles. The minimum atomic E-state index is -0.531. The van der Waals surface area contributed by atoms with Crippen LogP contribution in [0.4, 0.5) is 11.4 Å². The number of halogens is 1. The van der Waals surface area contributed by atoms with Crippen molar-refractivity contribution in [3.8, 4) is 0 Å². The Kier molecular flexibility index (Phi) is 4.98. The van der Waals surface area contributed by atoms with Crippen molar-refractivity contribution in [3.63, 3.8) is 0 Å². The number of carbonyl (C=O) groups is 2. The molecule has 0 spiro atoms. The van der Waals surface area contributed by atoms with Gasteiger partial charge in [-0.1, -0.05) is 55.8 Å². The molecule has 0 aromatic heterocycles. The van der Waals surface area contributed by atoms with E-state index >= 15 is 0 Å². The second kappa shape index (κ2) is 7.36. The van der Waals surface area contributed by atoms with Crippen LogP contribution in [0.2, 0.25) is 5.02 Å². The summed E-state index contributed by atoms with van der Waals surface area (Å²) in [6.45, 7) is 4.00. The van der Waals surface area contributed by atoms with Gasteiger partial charge in [-0.05, 0) is 23.5 Å². The van der Waals surface area contributed by atoms with Crippen molar-refractivity contribution in [1.82, 2.24) is 0 Å². The van der Waals surface area contributed by atoms with Crippen LogP contribution < -0.4 is 4.90 Å². The fraction of sp³-hybridized carbons (Fsp3) is 0.304. The summed E-state index contributed by atoms with van der Waals surface area (Å²) < 4.78 is 0. The number of allylic oxidation sites excluding steroid dienone is 2. The summed E-state index contributed by atoms with van der Waals surface area (Å²) in [4.78, 5) is 38.6. The zero-order chi connectivity index (χ0) is 21.6. The maximum atomic E-state index is 13.3. The number of ketones is 1. The average molecular weight is 425 g/mol. The predicted molar refractivity (Wildman–Crippen MR) is 114 cm³/mol. The monoisotopic (exact) mass is 424 g/mol. The van der Waals surface area contributed by atoms with Gasteiger partial charge in [0.2, 0.25) is 5.91 Å². The predicted octanol–water partition coefficient (Wildman–Crippen LogP) is 5.41. The summed E-state index contributed by atoms with van der Waals surface area (Å²) in [5.74, 6) is -0.445. The van der Waals surface area contributed by atoms with Crippen LogP contribution in [0.5, 0.6) is 0 Å². The first-order valence-electron chi connectivity index (χ1n) is 9.76. The number of rotatable bonds is 3. The first-order valence-corrected chi connectivity index (χ1v) is 10.1. The van der Waals surface area contributed by atoms with Gasteiger partial charge in [0, 0.05) is 42.2 Å². The lowest BCUT2D eigenvalue weighted by atomic mass is 9.69. The summed E-state index contributed by atoms with van der Waals surface area (Å²) in [5, 5.41) is 11.2. The normalized spacial score (nSPS) is 20.9. The van der Waals surface area contributed by atoms with Gasteiger partial charge in [-0.15, -0.1) is 0 Å². The van der Waals surface area contributed by atoms with Crippen LogP contribution in [0.25, 0.3) is 0 Å². The Labute approximate surface area is 179 Å². The van der Waals surface area contributed by atoms with Gasteiger partial charge in [0.1, 0.15) is 0 Å². The number of Topliss-reactive ketones (excluding diaryl/α,β-unsaturated/α-hetero) is 1.